The first-order chi connectivity index (χ1) is 20.0. The highest BCUT2D eigenvalue weighted by Crippen LogP contribution is 2.25. The van der Waals surface area contributed by atoms with Gasteiger partial charge in [0, 0.05) is 29.3 Å². The lowest BCUT2D eigenvalue weighted by Crippen LogP contribution is -2.38. The number of nitrogens with zero attached hydrogens (tertiary/aromatic N) is 2. The van der Waals surface area contributed by atoms with Crippen LogP contribution in [0.15, 0.2) is 71.7 Å². The number of ketones is 1. The Balaban J connectivity index is 1.85. The van der Waals surface area contributed by atoms with E-state index in [0.29, 0.717) is 16.8 Å². The van der Waals surface area contributed by atoms with Crippen LogP contribution >= 0.6 is 0 Å². The van der Waals surface area contributed by atoms with Crippen LogP contribution in [0.25, 0.3) is 11.3 Å². The third kappa shape index (κ3) is 6.47. The van der Waals surface area contributed by atoms with Gasteiger partial charge in [-0.25, -0.2) is 13.8 Å². The third-order valence-corrected chi connectivity index (χ3v) is 6.79. The number of likely N-dealkylation sites (N-methyl/N-ethyl adjacent to an activating group) is 1. The number of carbonyl (C=O) groups is 3. The van der Waals surface area contributed by atoms with E-state index in [1.54, 1.807) is 39.1 Å². The molecule has 0 fully saturated rings. The summed E-state index contributed by atoms with van der Waals surface area (Å²) in [7, 11) is 3.09. The number of hydrogen-bond acceptors (Lipinski definition) is 6. The van der Waals surface area contributed by atoms with Crippen molar-refractivity contribution in [2.45, 2.75) is 26.4 Å². The van der Waals surface area contributed by atoms with Crippen molar-refractivity contribution in [2.24, 2.45) is 0 Å². The van der Waals surface area contributed by atoms with Gasteiger partial charge in [-0.1, -0.05) is 6.07 Å². The molecule has 4 rings (SSSR count). The quantitative estimate of drug-likeness (QED) is 0.263. The van der Waals surface area contributed by atoms with Crippen LogP contribution < -0.4 is 21.5 Å². The van der Waals surface area contributed by atoms with Crippen LogP contribution in [0.3, 0.4) is 0 Å². The first-order valence-electron chi connectivity index (χ1n) is 13.0. The van der Waals surface area contributed by atoms with Gasteiger partial charge in [-0.15, -0.1) is 0 Å². The molecule has 42 heavy (non-hydrogen) atoms. The second-order valence-corrected chi connectivity index (χ2v) is 9.68. The molecule has 0 aliphatic heterocycles. The van der Waals surface area contributed by atoms with Crippen molar-refractivity contribution >= 4 is 23.4 Å². The number of aryl methyl sites for hydroxylation is 1. The first kappa shape index (κ1) is 29.9. The predicted molar refractivity (Wildman–Crippen MR) is 155 cm³/mol. The number of benzene rings is 3. The van der Waals surface area contributed by atoms with Gasteiger partial charge in [0.1, 0.15) is 11.6 Å². The van der Waals surface area contributed by atoms with E-state index in [2.05, 4.69) is 20.9 Å². The monoisotopic (exact) mass is 573 g/mol. The van der Waals surface area contributed by atoms with E-state index in [-0.39, 0.29) is 35.0 Å². The van der Waals surface area contributed by atoms with E-state index >= 15 is 0 Å². The van der Waals surface area contributed by atoms with Crippen molar-refractivity contribution in [1.82, 2.24) is 20.2 Å². The van der Waals surface area contributed by atoms with Gasteiger partial charge < -0.3 is 16.0 Å². The van der Waals surface area contributed by atoms with Gasteiger partial charge >= 0.3 is 0 Å². The normalized spacial score (nSPS) is 11.6. The summed E-state index contributed by atoms with van der Waals surface area (Å²) in [5.41, 5.74) is 1.66. The number of halogens is 2. The van der Waals surface area contributed by atoms with Gasteiger partial charge in [0.25, 0.3) is 11.5 Å². The molecule has 1 unspecified atom stereocenters. The van der Waals surface area contributed by atoms with Crippen molar-refractivity contribution in [3.05, 3.63) is 117 Å². The second-order valence-electron chi connectivity index (χ2n) is 9.68. The Hall–Kier alpha value is -5.03. The zero-order valence-electron chi connectivity index (χ0n) is 23.4. The summed E-state index contributed by atoms with van der Waals surface area (Å²) in [4.78, 5) is 55.9. The molecule has 3 N–H and O–H groups in total. The standard InChI is InChI=1S/C31H29F2N5O4/c1-17-5-6-21(30(41)35-4)14-25(17)26-15-36-28(37-29(40)18(2)34-3)31(42)38(26)16-19-11-22(13-24(33)12-19)27(39)20-7-9-23(32)10-8-20/h5-15,18,34H,16H2,1-4H3,(H,35,41)(H,36,37,40). The largest absolute Gasteiger partial charge is 0.355 e. The van der Waals surface area contributed by atoms with Crippen LogP contribution in [0, 0.1) is 18.6 Å². The summed E-state index contributed by atoms with van der Waals surface area (Å²) in [6, 6.07) is 12.9. The fourth-order valence-electron chi connectivity index (χ4n) is 4.31. The highest BCUT2D eigenvalue weighted by Gasteiger charge is 2.20. The predicted octanol–water partition coefficient (Wildman–Crippen LogP) is 3.68. The Bertz CT molecular complexity index is 1730. The SMILES string of the molecule is CNC(=O)c1ccc(C)c(-c2cnc(NC(=O)C(C)NC)c(=O)n2Cc2cc(F)cc(C(=O)c3ccc(F)cc3)c2)c1. The van der Waals surface area contributed by atoms with Gasteiger partial charge in [0.05, 0.1) is 24.5 Å². The highest BCUT2D eigenvalue weighted by molar-refractivity contribution is 6.09. The van der Waals surface area contributed by atoms with Crippen LogP contribution in [-0.2, 0) is 11.3 Å². The summed E-state index contributed by atoms with van der Waals surface area (Å²) in [5.74, 6) is -2.82. The molecule has 0 saturated carbocycles. The van der Waals surface area contributed by atoms with Gasteiger partial charge in [0.15, 0.2) is 11.6 Å². The zero-order chi connectivity index (χ0) is 30.6. The maximum atomic E-state index is 14.8. The minimum atomic E-state index is -0.712. The molecular formula is C31H29F2N5O4. The minimum absolute atomic E-state index is 0.00873. The number of anilines is 1. The maximum Gasteiger partial charge on any atom is 0.294 e. The Morgan fingerprint density at radius 1 is 0.905 bits per heavy atom. The van der Waals surface area contributed by atoms with Gasteiger partial charge in [0.2, 0.25) is 5.91 Å². The number of rotatable bonds is 9. The molecule has 3 aromatic carbocycles. The fraction of sp³-hybridized carbons (Fsp3) is 0.194. The molecule has 0 spiro atoms. The van der Waals surface area contributed by atoms with Gasteiger partial charge in [-0.3, -0.25) is 23.7 Å². The molecule has 1 heterocycles. The van der Waals surface area contributed by atoms with Crippen LogP contribution in [-0.4, -0.2) is 47.3 Å². The molecule has 0 aliphatic carbocycles. The molecular weight excluding hydrogens is 544 g/mol. The molecule has 1 atom stereocenters. The molecule has 11 heteroatoms. The number of carbonyl (C=O) groups excluding carboxylic acids is 3. The van der Waals surface area contributed by atoms with E-state index < -0.39 is 34.9 Å². The van der Waals surface area contributed by atoms with E-state index in [1.165, 1.54) is 42.1 Å². The van der Waals surface area contributed by atoms with Crippen molar-refractivity contribution in [1.29, 1.82) is 0 Å². The number of aromatic nitrogens is 2. The van der Waals surface area contributed by atoms with Crippen molar-refractivity contribution in [3.63, 3.8) is 0 Å². The molecule has 0 bridgehead atoms. The molecule has 216 valence electrons. The molecule has 0 saturated heterocycles. The summed E-state index contributed by atoms with van der Waals surface area (Å²) in [6.45, 7) is 3.21. The lowest BCUT2D eigenvalue weighted by atomic mass is 10.00. The average Bonchev–Trinajstić information content (AvgIpc) is 2.98. The van der Waals surface area contributed by atoms with Crippen LogP contribution in [0.2, 0.25) is 0 Å². The Kier molecular flexibility index (Phi) is 9.02. The smallest absolute Gasteiger partial charge is 0.294 e. The summed E-state index contributed by atoms with van der Waals surface area (Å²) >= 11 is 0. The Morgan fingerprint density at radius 3 is 2.26 bits per heavy atom. The average molecular weight is 574 g/mol. The Labute approximate surface area is 240 Å². The minimum Gasteiger partial charge on any atom is -0.355 e. The second kappa shape index (κ2) is 12.6. The van der Waals surface area contributed by atoms with Crippen molar-refractivity contribution in [3.8, 4) is 11.3 Å². The van der Waals surface area contributed by atoms with E-state index in [0.717, 1.165) is 23.8 Å². The molecule has 0 radical (unpaired) electrons. The molecule has 4 aromatic rings. The van der Waals surface area contributed by atoms with Gasteiger partial charge in [-0.2, -0.15) is 0 Å². The summed E-state index contributed by atoms with van der Waals surface area (Å²) in [6.07, 6.45) is 1.39. The molecule has 2 amide bonds. The summed E-state index contributed by atoms with van der Waals surface area (Å²) in [5, 5.41) is 7.86. The van der Waals surface area contributed by atoms with Crippen molar-refractivity contribution < 1.29 is 23.2 Å². The third-order valence-electron chi connectivity index (χ3n) is 6.79. The summed E-state index contributed by atoms with van der Waals surface area (Å²) < 4.78 is 29.5. The molecule has 1 aromatic heterocycles. The highest BCUT2D eigenvalue weighted by atomic mass is 19.1. The van der Waals surface area contributed by atoms with E-state index in [9.17, 15) is 28.0 Å². The van der Waals surface area contributed by atoms with E-state index in [1.807, 2.05) is 0 Å². The van der Waals surface area contributed by atoms with Crippen LogP contribution in [0.1, 0.15) is 44.3 Å². The lowest BCUT2D eigenvalue weighted by molar-refractivity contribution is -0.117. The number of nitrogens with one attached hydrogen (secondary N) is 3. The molecule has 0 aliphatic rings. The van der Waals surface area contributed by atoms with Gasteiger partial charge in [-0.05, 0) is 86.6 Å². The topological polar surface area (TPSA) is 122 Å². The first-order valence-corrected chi connectivity index (χ1v) is 13.0. The molecule has 9 nitrogen and oxygen atoms in total. The number of hydrogen-bond donors (Lipinski definition) is 3. The van der Waals surface area contributed by atoms with Crippen LogP contribution in [0.4, 0.5) is 14.6 Å². The van der Waals surface area contributed by atoms with Crippen LogP contribution in [0.5, 0.6) is 0 Å². The maximum absolute atomic E-state index is 14.8. The van der Waals surface area contributed by atoms with Crippen molar-refractivity contribution in [2.75, 3.05) is 19.4 Å². The lowest BCUT2D eigenvalue weighted by Gasteiger charge is -2.18. The fourth-order valence-corrected chi connectivity index (χ4v) is 4.31. The number of amides is 2. The van der Waals surface area contributed by atoms with E-state index in [4.69, 9.17) is 0 Å². The zero-order valence-corrected chi connectivity index (χ0v) is 23.4. The Morgan fingerprint density at radius 2 is 1.60 bits per heavy atom.